The molecule has 0 aliphatic heterocycles. The van der Waals surface area contributed by atoms with E-state index < -0.39 is 20.4 Å². The van der Waals surface area contributed by atoms with Gasteiger partial charge in [-0.05, 0) is 25.0 Å². The van der Waals surface area contributed by atoms with Crippen molar-refractivity contribution in [1.29, 1.82) is 0 Å². The molecule has 1 fully saturated rings. The predicted octanol–water partition coefficient (Wildman–Crippen LogP) is 1.82. The summed E-state index contributed by atoms with van der Waals surface area (Å²) in [6, 6.07) is 5.74. The minimum Gasteiger partial charge on any atom is -0.493 e. The maximum absolute atomic E-state index is 11.4. The summed E-state index contributed by atoms with van der Waals surface area (Å²) >= 11 is 0. The van der Waals surface area contributed by atoms with Gasteiger partial charge in [0.2, 0.25) is 10.0 Å². The molecule has 21 heavy (non-hydrogen) atoms. The van der Waals surface area contributed by atoms with Crippen LogP contribution >= 0.6 is 0 Å². The van der Waals surface area contributed by atoms with Gasteiger partial charge in [-0.15, -0.1) is 0 Å². The van der Waals surface area contributed by atoms with E-state index in [0.717, 1.165) is 25.7 Å². The summed E-state index contributed by atoms with van der Waals surface area (Å²) in [6.07, 6.45) is 3.44. The number of hydrogen-bond donors (Lipinski definition) is 1. The monoisotopic (exact) mass is 314 g/mol. The highest BCUT2D eigenvalue weighted by Gasteiger charge is 2.38. The number of primary sulfonamides is 1. The average Bonchev–Trinajstić information content (AvgIpc) is 2.83. The molecule has 1 aliphatic rings. The van der Waals surface area contributed by atoms with Crippen molar-refractivity contribution in [2.24, 2.45) is 10.6 Å². The Morgan fingerprint density at radius 1 is 1.24 bits per heavy atom. The topological polar surface area (TPSA) is 113 Å². The first-order chi connectivity index (χ1) is 9.80. The van der Waals surface area contributed by atoms with Crippen LogP contribution in [0.2, 0.25) is 0 Å². The summed E-state index contributed by atoms with van der Waals surface area (Å²) in [5.41, 5.74) is -0.461. The molecule has 0 atom stereocenters. The fourth-order valence-electron chi connectivity index (χ4n) is 2.78. The molecule has 0 aromatic heterocycles. The zero-order valence-corrected chi connectivity index (χ0v) is 12.3. The summed E-state index contributed by atoms with van der Waals surface area (Å²) in [5.74, 6) is 0.397. The van der Waals surface area contributed by atoms with Crippen LogP contribution in [0.3, 0.4) is 0 Å². The van der Waals surface area contributed by atoms with Crippen LogP contribution < -0.4 is 9.88 Å². The van der Waals surface area contributed by atoms with Crippen molar-refractivity contribution in [2.75, 3.05) is 12.4 Å². The van der Waals surface area contributed by atoms with Gasteiger partial charge in [0.05, 0.1) is 17.3 Å². The Morgan fingerprint density at radius 3 is 2.29 bits per heavy atom. The molecule has 0 bridgehead atoms. The Balaban J connectivity index is 2.03. The largest absolute Gasteiger partial charge is 0.493 e. The Labute approximate surface area is 123 Å². The van der Waals surface area contributed by atoms with E-state index in [2.05, 4.69) is 0 Å². The maximum Gasteiger partial charge on any atom is 0.269 e. The van der Waals surface area contributed by atoms with Crippen molar-refractivity contribution < 1.29 is 18.1 Å². The molecular weight excluding hydrogens is 296 g/mol. The fraction of sp³-hybridized carbons (Fsp3) is 0.538. The Bertz CT molecular complexity index is 606. The molecule has 0 spiro atoms. The van der Waals surface area contributed by atoms with E-state index in [9.17, 15) is 18.5 Å². The van der Waals surface area contributed by atoms with Crippen LogP contribution in [0.1, 0.15) is 25.7 Å². The molecule has 116 valence electrons. The zero-order chi connectivity index (χ0) is 15.5. The van der Waals surface area contributed by atoms with Gasteiger partial charge in [-0.25, -0.2) is 13.6 Å². The van der Waals surface area contributed by atoms with E-state index in [1.165, 1.54) is 24.3 Å². The molecule has 1 aromatic carbocycles. The molecule has 8 heteroatoms. The standard InChI is InChI=1S/C13H18N2O5S/c14-21(18,19)10-13(7-1-2-8-13)9-20-12-5-3-11(4-6-12)15(16)17/h3-6H,1-2,7-10H2,(H2,14,18,19). The number of ether oxygens (including phenoxy) is 1. The van der Waals surface area contributed by atoms with Crippen LogP contribution in [0.5, 0.6) is 5.75 Å². The fourth-order valence-corrected chi connectivity index (χ4v) is 4.01. The molecule has 0 radical (unpaired) electrons. The van der Waals surface area contributed by atoms with Crippen molar-refractivity contribution in [2.45, 2.75) is 25.7 Å². The van der Waals surface area contributed by atoms with E-state index in [0.29, 0.717) is 5.75 Å². The third kappa shape index (κ3) is 4.40. The summed E-state index contributed by atoms with van der Waals surface area (Å²) in [5, 5.41) is 15.7. The first-order valence-corrected chi connectivity index (χ1v) is 8.39. The van der Waals surface area contributed by atoms with Crippen LogP contribution in [0.25, 0.3) is 0 Å². The quantitative estimate of drug-likeness (QED) is 0.635. The Hall–Kier alpha value is -1.67. The average molecular weight is 314 g/mol. The number of non-ortho nitro benzene ring substituents is 1. The van der Waals surface area contributed by atoms with Crippen LogP contribution in [-0.2, 0) is 10.0 Å². The molecule has 1 aliphatic carbocycles. The lowest BCUT2D eigenvalue weighted by Gasteiger charge is -2.27. The van der Waals surface area contributed by atoms with Gasteiger partial charge in [-0.1, -0.05) is 12.8 Å². The molecule has 0 heterocycles. The van der Waals surface area contributed by atoms with Gasteiger partial charge < -0.3 is 4.74 Å². The number of rotatable bonds is 6. The first kappa shape index (κ1) is 15.7. The van der Waals surface area contributed by atoms with E-state index in [1.807, 2.05) is 0 Å². The third-order valence-electron chi connectivity index (χ3n) is 3.76. The number of nitro benzene ring substituents is 1. The van der Waals surface area contributed by atoms with Gasteiger partial charge in [0.15, 0.2) is 0 Å². The lowest BCUT2D eigenvalue weighted by Crippen LogP contribution is -2.36. The SMILES string of the molecule is NS(=O)(=O)CC1(COc2ccc([N+](=O)[O-])cc2)CCCC1. The summed E-state index contributed by atoms with van der Waals surface area (Å²) in [4.78, 5) is 10.1. The molecule has 2 N–H and O–H groups in total. The number of benzene rings is 1. The third-order valence-corrected chi connectivity index (χ3v) is 4.78. The maximum atomic E-state index is 11.4. The van der Waals surface area contributed by atoms with Gasteiger partial charge in [-0.3, -0.25) is 10.1 Å². The predicted molar refractivity (Wildman–Crippen MR) is 77.5 cm³/mol. The van der Waals surface area contributed by atoms with Gasteiger partial charge in [0.1, 0.15) is 5.75 Å². The minimum absolute atomic E-state index is 0.0116. The lowest BCUT2D eigenvalue weighted by molar-refractivity contribution is -0.384. The summed E-state index contributed by atoms with van der Waals surface area (Å²) in [6.45, 7) is 0.251. The number of sulfonamides is 1. The Morgan fingerprint density at radius 2 is 1.81 bits per heavy atom. The zero-order valence-electron chi connectivity index (χ0n) is 11.5. The number of nitro groups is 1. The second-order valence-corrected chi connectivity index (χ2v) is 7.17. The van der Waals surface area contributed by atoms with Crippen LogP contribution in [0.4, 0.5) is 5.69 Å². The molecule has 0 amide bonds. The highest BCUT2D eigenvalue weighted by molar-refractivity contribution is 7.89. The van der Waals surface area contributed by atoms with Gasteiger partial charge in [0.25, 0.3) is 5.69 Å². The second kappa shape index (κ2) is 5.98. The van der Waals surface area contributed by atoms with E-state index in [4.69, 9.17) is 9.88 Å². The molecular formula is C13H18N2O5S. The van der Waals surface area contributed by atoms with Crippen molar-refractivity contribution in [3.05, 3.63) is 34.4 Å². The molecule has 2 rings (SSSR count). The second-order valence-electron chi connectivity index (χ2n) is 5.55. The number of hydrogen-bond acceptors (Lipinski definition) is 5. The minimum atomic E-state index is -3.56. The first-order valence-electron chi connectivity index (χ1n) is 6.67. The smallest absolute Gasteiger partial charge is 0.269 e. The van der Waals surface area contributed by atoms with Gasteiger partial charge in [-0.2, -0.15) is 0 Å². The normalized spacial score (nSPS) is 17.6. The molecule has 7 nitrogen and oxygen atoms in total. The van der Waals surface area contributed by atoms with E-state index in [-0.39, 0.29) is 18.0 Å². The van der Waals surface area contributed by atoms with Crippen LogP contribution in [0.15, 0.2) is 24.3 Å². The van der Waals surface area contributed by atoms with Crippen molar-refractivity contribution >= 4 is 15.7 Å². The highest BCUT2D eigenvalue weighted by atomic mass is 32.2. The lowest BCUT2D eigenvalue weighted by atomic mass is 9.90. The highest BCUT2D eigenvalue weighted by Crippen LogP contribution is 2.39. The molecule has 0 unspecified atom stereocenters. The van der Waals surface area contributed by atoms with Crippen molar-refractivity contribution in [3.8, 4) is 5.75 Å². The van der Waals surface area contributed by atoms with E-state index in [1.54, 1.807) is 0 Å². The van der Waals surface area contributed by atoms with Crippen LogP contribution in [-0.4, -0.2) is 25.7 Å². The van der Waals surface area contributed by atoms with Crippen molar-refractivity contribution in [1.82, 2.24) is 0 Å². The number of nitrogens with zero attached hydrogens (tertiary/aromatic N) is 1. The molecule has 0 saturated heterocycles. The van der Waals surface area contributed by atoms with Crippen LogP contribution in [0, 0.1) is 15.5 Å². The summed E-state index contributed by atoms with van der Waals surface area (Å²) in [7, 11) is -3.56. The van der Waals surface area contributed by atoms with Crippen molar-refractivity contribution in [3.63, 3.8) is 0 Å². The molecule has 1 aromatic rings. The summed E-state index contributed by atoms with van der Waals surface area (Å²) < 4.78 is 28.4. The number of nitrogens with two attached hydrogens (primary N) is 1. The Kier molecular flexibility index (Phi) is 4.48. The van der Waals surface area contributed by atoms with Gasteiger partial charge >= 0.3 is 0 Å². The van der Waals surface area contributed by atoms with E-state index >= 15 is 0 Å². The molecule has 1 saturated carbocycles. The van der Waals surface area contributed by atoms with Gasteiger partial charge in [0, 0.05) is 17.5 Å².